The van der Waals surface area contributed by atoms with Crippen LogP contribution in [0.4, 0.5) is 4.39 Å². The smallest absolute Gasteiger partial charge is 0.250 e. The highest BCUT2D eigenvalue weighted by atomic mass is 32.1. The van der Waals surface area contributed by atoms with Crippen LogP contribution in [0.3, 0.4) is 0 Å². The van der Waals surface area contributed by atoms with Gasteiger partial charge >= 0.3 is 0 Å². The van der Waals surface area contributed by atoms with Gasteiger partial charge in [0.2, 0.25) is 17.7 Å². The Bertz CT molecular complexity index is 2630. The molecule has 4 aromatic carbocycles. The molecule has 2 N–H and O–H groups in total. The Balaban J connectivity index is 0.799. The molecule has 6 aromatic rings. The molecular formula is C51H49FN6O4S2. The van der Waals surface area contributed by atoms with Gasteiger partial charge in [-0.25, -0.2) is 14.4 Å². The zero-order chi connectivity index (χ0) is 43.7. The summed E-state index contributed by atoms with van der Waals surface area (Å²) < 4.78 is 15.1. The van der Waals surface area contributed by atoms with Gasteiger partial charge in [-0.3, -0.25) is 19.2 Å². The topological polar surface area (TPSA) is 125 Å². The number of hydrogen-bond acceptors (Lipinski definition) is 8. The van der Waals surface area contributed by atoms with Crippen LogP contribution in [0.15, 0.2) is 122 Å². The largest absolute Gasteiger partial charge is 0.355 e. The van der Waals surface area contributed by atoms with Crippen molar-refractivity contribution in [2.24, 2.45) is 11.8 Å². The van der Waals surface area contributed by atoms with Crippen molar-refractivity contribution in [1.29, 1.82) is 0 Å². The van der Waals surface area contributed by atoms with Gasteiger partial charge in [-0.15, -0.1) is 22.7 Å². The van der Waals surface area contributed by atoms with Crippen LogP contribution >= 0.6 is 22.7 Å². The molecule has 4 amide bonds. The molecule has 4 aliphatic rings. The molecule has 1 unspecified atom stereocenters. The molecule has 5 atom stereocenters. The molecule has 10 rings (SSSR count). The van der Waals surface area contributed by atoms with Crippen LogP contribution in [0.25, 0.3) is 32.0 Å². The Morgan fingerprint density at radius 2 is 1.16 bits per heavy atom. The van der Waals surface area contributed by atoms with E-state index in [-0.39, 0.29) is 61.0 Å². The molecular weight excluding hydrogens is 844 g/mol. The number of hydrogen-bond donors (Lipinski definition) is 2. The number of halogens is 1. The Kier molecular flexibility index (Phi) is 11.9. The van der Waals surface area contributed by atoms with E-state index in [1.54, 1.807) is 22.4 Å². The van der Waals surface area contributed by atoms with Gasteiger partial charge in [0, 0.05) is 43.7 Å². The molecule has 326 valence electrons. The van der Waals surface area contributed by atoms with E-state index < -0.39 is 24.2 Å². The van der Waals surface area contributed by atoms with Crippen molar-refractivity contribution in [2.75, 3.05) is 19.6 Å². The number of carbonyl (C=O) groups is 4. The van der Waals surface area contributed by atoms with E-state index in [9.17, 15) is 19.2 Å². The Morgan fingerprint density at radius 3 is 1.73 bits per heavy atom. The maximum Gasteiger partial charge on any atom is 0.250 e. The fraction of sp³-hybridized carbons (Fsp3) is 0.333. The number of nitrogens with one attached hydrogen (secondary N) is 2. The lowest BCUT2D eigenvalue weighted by Gasteiger charge is -2.28. The fourth-order valence-electron chi connectivity index (χ4n) is 8.98. The summed E-state index contributed by atoms with van der Waals surface area (Å²) in [6, 6.07) is 34.1. The molecule has 2 aromatic heterocycles. The first-order valence-electron chi connectivity index (χ1n) is 22.3. The minimum absolute atomic E-state index is 0.0267. The minimum Gasteiger partial charge on any atom is -0.355 e. The van der Waals surface area contributed by atoms with E-state index in [0.717, 1.165) is 81.1 Å². The summed E-state index contributed by atoms with van der Waals surface area (Å²) in [5.74, 6) is -0.832. The first-order chi connectivity index (χ1) is 31.3. The Labute approximate surface area is 380 Å². The van der Waals surface area contributed by atoms with E-state index in [4.69, 9.17) is 9.97 Å². The van der Waals surface area contributed by atoms with Gasteiger partial charge in [0.25, 0.3) is 5.91 Å². The molecule has 0 spiro atoms. The zero-order valence-electron chi connectivity index (χ0n) is 35.3. The molecule has 0 bridgehead atoms. The van der Waals surface area contributed by atoms with Gasteiger partial charge < -0.3 is 20.4 Å². The number of thiazole rings is 2. The average molecular weight is 893 g/mol. The number of alkyl halides is 1. The highest BCUT2D eigenvalue weighted by Crippen LogP contribution is 2.42. The van der Waals surface area contributed by atoms with Crippen molar-refractivity contribution in [2.45, 2.75) is 75.2 Å². The molecule has 0 radical (unpaired) electrons. The Hall–Kier alpha value is -6.05. The van der Waals surface area contributed by atoms with Crippen molar-refractivity contribution < 1.29 is 23.6 Å². The van der Waals surface area contributed by atoms with E-state index in [1.165, 1.54) is 11.3 Å². The van der Waals surface area contributed by atoms with Gasteiger partial charge in [0.15, 0.2) is 0 Å². The third kappa shape index (κ3) is 9.01. The monoisotopic (exact) mass is 892 g/mol. The summed E-state index contributed by atoms with van der Waals surface area (Å²) in [5.41, 5.74) is 5.73. The fourth-order valence-corrected chi connectivity index (χ4v) is 11.1. The number of amides is 4. The first kappa shape index (κ1) is 41.9. The van der Waals surface area contributed by atoms with Crippen LogP contribution in [0.2, 0.25) is 0 Å². The highest BCUT2D eigenvalue weighted by Gasteiger charge is 2.43. The second-order valence-corrected chi connectivity index (χ2v) is 19.5. The van der Waals surface area contributed by atoms with Gasteiger partial charge in [-0.05, 0) is 71.9 Å². The van der Waals surface area contributed by atoms with E-state index in [2.05, 4.69) is 59.2 Å². The maximum absolute atomic E-state index is 15.1. The maximum atomic E-state index is 15.1. The number of benzene rings is 4. The van der Waals surface area contributed by atoms with E-state index >= 15 is 4.39 Å². The van der Waals surface area contributed by atoms with Crippen molar-refractivity contribution in [3.63, 3.8) is 0 Å². The SMILES string of the molecule is O=C(NCC(C(=O)N1CCC[C@H]1c1ncc(-c2ccc(-c3ccc(-c4cnc([C@@H]5C[C@H](F)CN5C(=O)[C@H](NC(=O)C5CC5)c5ccccc5)s4)cc3)cc2)s1)c1ccccc1)C1CC1. The molecule has 2 aliphatic heterocycles. The molecule has 4 heterocycles. The number of nitrogens with zero attached hydrogens (tertiary/aromatic N) is 4. The van der Waals surface area contributed by atoms with Crippen molar-refractivity contribution in [1.82, 2.24) is 30.4 Å². The second kappa shape index (κ2) is 18.2. The van der Waals surface area contributed by atoms with Crippen LogP contribution in [-0.4, -0.2) is 69.2 Å². The summed E-state index contributed by atoms with van der Waals surface area (Å²) in [5, 5.41) is 7.61. The van der Waals surface area contributed by atoms with Gasteiger partial charge in [-0.1, -0.05) is 109 Å². The van der Waals surface area contributed by atoms with Crippen LogP contribution in [0.5, 0.6) is 0 Å². The second-order valence-electron chi connectivity index (χ2n) is 17.4. The lowest BCUT2D eigenvalue weighted by atomic mass is 9.97. The minimum atomic E-state index is -1.19. The summed E-state index contributed by atoms with van der Waals surface area (Å²) in [4.78, 5) is 68.7. The number of aromatic nitrogens is 2. The van der Waals surface area contributed by atoms with Gasteiger partial charge in [0.05, 0.1) is 34.3 Å². The summed E-state index contributed by atoms with van der Waals surface area (Å²) in [7, 11) is 0. The predicted octanol–water partition coefficient (Wildman–Crippen LogP) is 9.45. The standard InChI is InChI=1S/C51H49FN6O4S2/c52-39-26-42(58(30-39)51(62)45(36-10-5-2-6-11-36)56-47(60)38-23-24-38)49-55-29-44(64-49)35-19-15-32(16-20-35)31-13-17-34(18-14-31)43-28-54-48(63-43)41-12-7-25-57(41)50(61)40(33-8-3-1-4-9-33)27-53-46(59)37-21-22-37/h1-6,8-11,13-20,28-29,37-42,45H,7,12,21-27,30H2,(H,53,59)(H,56,60)/t39-,40?,41-,42-,45+/m0/s1. The molecule has 64 heavy (non-hydrogen) atoms. The zero-order valence-corrected chi connectivity index (χ0v) is 36.9. The average Bonchev–Trinajstić information content (AvgIpc) is 4.13. The van der Waals surface area contributed by atoms with Crippen LogP contribution in [0, 0.1) is 11.8 Å². The number of likely N-dealkylation sites (tertiary alicyclic amines) is 2. The van der Waals surface area contributed by atoms with E-state index in [0.29, 0.717) is 17.1 Å². The van der Waals surface area contributed by atoms with E-state index in [1.807, 2.05) is 71.8 Å². The summed E-state index contributed by atoms with van der Waals surface area (Å²) >= 11 is 3.09. The third-order valence-corrected chi connectivity index (χ3v) is 15.2. The van der Waals surface area contributed by atoms with Crippen LogP contribution in [0.1, 0.15) is 90.1 Å². The van der Waals surface area contributed by atoms with Crippen molar-refractivity contribution in [3.05, 3.63) is 143 Å². The molecule has 4 fully saturated rings. The number of carbonyl (C=O) groups excluding carboxylic acids is 4. The molecule has 2 saturated heterocycles. The first-order valence-corrected chi connectivity index (χ1v) is 24.0. The van der Waals surface area contributed by atoms with Crippen LogP contribution < -0.4 is 10.6 Å². The molecule has 2 saturated carbocycles. The van der Waals surface area contributed by atoms with Gasteiger partial charge in [0.1, 0.15) is 22.2 Å². The van der Waals surface area contributed by atoms with Crippen LogP contribution in [-0.2, 0) is 19.2 Å². The van der Waals surface area contributed by atoms with Crippen molar-refractivity contribution >= 4 is 46.3 Å². The Morgan fingerprint density at radius 1 is 0.625 bits per heavy atom. The highest BCUT2D eigenvalue weighted by molar-refractivity contribution is 7.15. The number of rotatable bonds is 14. The molecule has 13 heteroatoms. The summed E-state index contributed by atoms with van der Waals surface area (Å²) in [6.07, 6.45) is 7.88. The normalized spacial score (nSPS) is 20.5. The lowest BCUT2D eigenvalue weighted by molar-refractivity contribution is -0.138. The lowest BCUT2D eigenvalue weighted by Crippen LogP contribution is -2.43. The predicted molar refractivity (Wildman–Crippen MR) is 247 cm³/mol. The molecule has 10 nitrogen and oxygen atoms in total. The summed E-state index contributed by atoms with van der Waals surface area (Å²) in [6.45, 7) is 0.904. The molecule has 2 aliphatic carbocycles. The quantitative estimate of drug-likeness (QED) is 0.112. The third-order valence-electron chi connectivity index (χ3n) is 12.9. The van der Waals surface area contributed by atoms with Gasteiger partial charge in [-0.2, -0.15) is 0 Å². The van der Waals surface area contributed by atoms with Crippen molar-refractivity contribution in [3.8, 4) is 32.0 Å².